The summed E-state index contributed by atoms with van der Waals surface area (Å²) >= 11 is 4.17. The molecule has 2 amide bonds. The van der Waals surface area contributed by atoms with Crippen molar-refractivity contribution in [1.29, 1.82) is 0 Å². The molecule has 1 aromatic carbocycles. The number of nitrogens with one attached hydrogen (secondary N) is 1. The first-order valence-electron chi connectivity index (χ1n) is 6.36. The van der Waals surface area contributed by atoms with Crippen LogP contribution in [0.3, 0.4) is 0 Å². The third-order valence-electron chi connectivity index (χ3n) is 2.98. The molecule has 1 aliphatic heterocycles. The van der Waals surface area contributed by atoms with Crippen molar-refractivity contribution in [2.75, 3.05) is 6.54 Å². The van der Waals surface area contributed by atoms with Crippen molar-refractivity contribution >= 4 is 30.5 Å². The van der Waals surface area contributed by atoms with Gasteiger partial charge in [-0.25, -0.2) is 0 Å². The number of allylic oxidation sites excluding steroid dienone is 2. The molecule has 0 saturated carbocycles. The van der Waals surface area contributed by atoms with Gasteiger partial charge in [-0.1, -0.05) is 42.5 Å². The zero-order valence-corrected chi connectivity index (χ0v) is 12.0. The smallest absolute Gasteiger partial charge is 0.261 e. The van der Waals surface area contributed by atoms with Crippen LogP contribution in [0.25, 0.3) is 6.08 Å². The van der Waals surface area contributed by atoms with E-state index >= 15 is 0 Å². The lowest BCUT2D eigenvalue weighted by Gasteiger charge is -2.32. The molecule has 0 spiro atoms. The molecule has 1 aliphatic rings. The van der Waals surface area contributed by atoms with Gasteiger partial charge in [0.1, 0.15) is 11.1 Å². The quantitative estimate of drug-likeness (QED) is 0.506. The molecule has 0 aliphatic carbocycles. The number of thiol groups is 1. The Morgan fingerprint density at radius 1 is 1.30 bits per heavy atom. The normalized spacial score (nSPS) is 21.6. The Hall–Kier alpha value is -2.01. The minimum atomic E-state index is -0.560. The van der Waals surface area contributed by atoms with Gasteiger partial charge in [-0.15, -0.1) is 12.6 Å². The van der Waals surface area contributed by atoms with E-state index in [1.807, 2.05) is 43.3 Å². The zero-order valence-electron chi connectivity index (χ0n) is 11.1. The summed E-state index contributed by atoms with van der Waals surface area (Å²) in [5, 5.41) is 2.64. The van der Waals surface area contributed by atoms with Crippen LogP contribution < -0.4 is 5.32 Å². The predicted octanol–water partition coefficient (Wildman–Crippen LogP) is 1.82. The lowest BCUT2D eigenvalue weighted by molar-refractivity contribution is -0.135. The van der Waals surface area contributed by atoms with Crippen molar-refractivity contribution in [3.05, 3.63) is 53.6 Å². The standard InChI is InChI=1S/C15H16N2O2S/c1-2-17-14(19)12(13(18)16-15(17)20)10-6-9-11-7-4-3-5-8-11/h3-10,15,20H,2H2,1H3,(H,16,18)/b9-6+,12-10-. The van der Waals surface area contributed by atoms with Gasteiger partial charge in [-0.2, -0.15) is 0 Å². The number of carbonyl (C=O) groups is 2. The van der Waals surface area contributed by atoms with Crippen LogP contribution in [-0.4, -0.2) is 28.8 Å². The summed E-state index contributed by atoms with van der Waals surface area (Å²) in [6.45, 7) is 2.34. The molecular weight excluding hydrogens is 272 g/mol. The van der Waals surface area contributed by atoms with Crippen LogP contribution in [0.2, 0.25) is 0 Å². The lowest BCUT2D eigenvalue weighted by atomic mass is 10.1. The predicted molar refractivity (Wildman–Crippen MR) is 81.9 cm³/mol. The van der Waals surface area contributed by atoms with Crippen LogP contribution in [0, 0.1) is 0 Å². The number of amides is 2. The van der Waals surface area contributed by atoms with E-state index in [-0.39, 0.29) is 11.5 Å². The summed E-state index contributed by atoms with van der Waals surface area (Å²) in [4.78, 5) is 25.4. The fourth-order valence-corrected chi connectivity index (χ4v) is 2.30. The molecule has 104 valence electrons. The van der Waals surface area contributed by atoms with Crippen molar-refractivity contribution in [3.63, 3.8) is 0 Å². The summed E-state index contributed by atoms with van der Waals surface area (Å²) in [5.41, 5.74) is 0.576. The van der Waals surface area contributed by atoms with E-state index in [0.717, 1.165) is 5.56 Å². The molecule has 0 aromatic heterocycles. The molecule has 1 fully saturated rings. The molecule has 5 heteroatoms. The molecular formula is C15H16N2O2S. The third-order valence-corrected chi connectivity index (χ3v) is 3.39. The van der Waals surface area contributed by atoms with E-state index in [1.54, 1.807) is 6.08 Å². The Bertz CT molecular complexity index is 566. The molecule has 1 saturated heterocycles. The average Bonchev–Trinajstić information content (AvgIpc) is 2.44. The Morgan fingerprint density at radius 2 is 2.00 bits per heavy atom. The highest BCUT2D eigenvalue weighted by molar-refractivity contribution is 7.80. The second kappa shape index (κ2) is 6.43. The molecule has 4 nitrogen and oxygen atoms in total. The van der Waals surface area contributed by atoms with Gasteiger partial charge in [-0.05, 0) is 18.6 Å². The van der Waals surface area contributed by atoms with E-state index in [1.165, 1.54) is 11.0 Å². The molecule has 0 radical (unpaired) electrons. The summed E-state index contributed by atoms with van der Waals surface area (Å²) in [7, 11) is 0. The topological polar surface area (TPSA) is 49.4 Å². The highest BCUT2D eigenvalue weighted by atomic mass is 32.1. The Morgan fingerprint density at radius 3 is 2.65 bits per heavy atom. The minimum Gasteiger partial charge on any atom is -0.323 e. The van der Waals surface area contributed by atoms with Gasteiger partial charge in [0.05, 0.1) is 0 Å². The number of rotatable bonds is 3. The van der Waals surface area contributed by atoms with Gasteiger partial charge < -0.3 is 10.2 Å². The maximum atomic E-state index is 12.1. The van der Waals surface area contributed by atoms with E-state index in [2.05, 4.69) is 17.9 Å². The summed E-state index contributed by atoms with van der Waals surface area (Å²) in [6, 6.07) is 9.67. The molecule has 1 aromatic rings. The fraction of sp³-hybridized carbons (Fsp3) is 0.200. The van der Waals surface area contributed by atoms with Gasteiger partial charge in [0.2, 0.25) is 0 Å². The number of hydrogen-bond donors (Lipinski definition) is 2. The van der Waals surface area contributed by atoms with Crippen LogP contribution in [-0.2, 0) is 9.59 Å². The first-order valence-corrected chi connectivity index (χ1v) is 6.88. The molecule has 1 heterocycles. The maximum absolute atomic E-state index is 12.1. The van der Waals surface area contributed by atoms with Gasteiger partial charge in [-0.3, -0.25) is 9.59 Å². The zero-order chi connectivity index (χ0) is 14.5. The van der Waals surface area contributed by atoms with Crippen LogP contribution in [0.15, 0.2) is 48.1 Å². The van der Waals surface area contributed by atoms with Gasteiger partial charge in [0, 0.05) is 6.54 Å². The van der Waals surface area contributed by atoms with Crippen molar-refractivity contribution in [1.82, 2.24) is 10.2 Å². The number of likely N-dealkylation sites (N-methyl/N-ethyl adjacent to an activating group) is 1. The van der Waals surface area contributed by atoms with Crippen molar-refractivity contribution in [3.8, 4) is 0 Å². The number of benzene rings is 1. The van der Waals surface area contributed by atoms with Gasteiger partial charge >= 0.3 is 0 Å². The van der Waals surface area contributed by atoms with Crippen molar-refractivity contribution < 1.29 is 9.59 Å². The van der Waals surface area contributed by atoms with Crippen LogP contribution in [0.4, 0.5) is 0 Å². The Balaban J connectivity index is 2.18. The second-order valence-electron chi connectivity index (χ2n) is 4.29. The molecule has 0 bridgehead atoms. The number of hydrogen-bond acceptors (Lipinski definition) is 3. The second-order valence-corrected chi connectivity index (χ2v) is 4.78. The molecule has 1 N–H and O–H groups in total. The first-order chi connectivity index (χ1) is 9.63. The Kier molecular flexibility index (Phi) is 4.63. The van der Waals surface area contributed by atoms with Crippen LogP contribution >= 0.6 is 12.6 Å². The van der Waals surface area contributed by atoms with Crippen LogP contribution in [0.1, 0.15) is 12.5 Å². The van der Waals surface area contributed by atoms with Crippen molar-refractivity contribution in [2.45, 2.75) is 12.4 Å². The van der Waals surface area contributed by atoms with Crippen molar-refractivity contribution in [2.24, 2.45) is 0 Å². The molecule has 2 rings (SSSR count). The van der Waals surface area contributed by atoms with E-state index in [9.17, 15) is 9.59 Å². The van der Waals surface area contributed by atoms with Gasteiger partial charge in [0.25, 0.3) is 11.8 Å². The van der Waals surface area contributed by atoms with E-state index in [0.29, 0.717) is 6.54 Å². The molecule has 1 unspecified atom stereocenters. The van der Waals surface area contributed by atoms with Crippen LogP contribution in [0.5, 0.6) is 0 Å². The summed E-state index contributed by atoms with van der Waals surface area (Å²) in [6.07, 6.45) is 5.08. The monoisotopic (exact) mass is 288 g/mol. The largest absolute Gasteiger partial charge is 0.323 e. The molecule has 20 heavy (non-hydrogen) atoms. The highest BCUT2D eigenvalue weighted by Crippen LogP contribution is 2.15. The minimum absolute atomic E-state index is 0.129. The average molecular weight is 288 g/mol. The number of carbonyl (C=O) groups excluding carboxylic acids is 2. The highest BCUT2D eigenvalue weighted by Gasteiger charge is 2.33. The number of nitrogens with zero attached hydrogens (tertiary/aromatic N) is 1. The van der Waals surface area contributed by atoms with E-state index < -0.39 is 11.4 Å². The third kappa shape index (κ3) is 3.11. The first kappa shape index (κ1) is 14.4. The fourth-order valence-electron chi connectivity index (χ4n) is 1.92. The SMILES string of the molecule is CCN1C(=O)/C(=C\C=C\c2ccccc2)C(=O)NC1S. The molecule has 1 atom stereocenters. The lowest BCUT2D eigenvalue weighted by Crippen LogP contribution is -2.55. The van der Waals surface area contributed by atoms with E-state index in [4.69, 9.17) is 0 Å². The summed E-state index contributed by atoms with van der Waals surface area (Å²) < 4.78 is 0. The Labute approximate surface area is 123 Å². The maximum Gasteiger partial charge on any atom is 0.261 e. The summed E-state index contributed by atoms with van der Waals surface area (Å²) in [5.74, 6) is -0.689. The van der Waals surface area contributed by atoms with Gasteiger partial charge in [0.15, 0.2) is 0 Å².